The molecule has 0 spiro atoms. The summed E-state index contributed by atoms with van der Waals surface area (Å²) in [4.78, 5) is 18.0. The summed E-state index contributed by atoms with van der Waals surface area (Å²) in [5.74, 6) is -1.83. The molecule has 2 aromatic carbocycles. The molecule has 0 aliphatic carbocycles. The van der Waals surface area contributed by atoms with E-state index in [2.05, 4.69) is 10.3 Å². The Hall–Kier alpha value is -2.61. The lowest BCUT2D eigenvalue weighted by Gasteiger charge is -2.16. The van der Waals surface area contributed by atoms with Crippen molar-refractivity contribution in [1.82, 2.24) is 9.88 Å². The number of urea groups is 1. The van der Waals surface area contributed by atoms with Crippen LogP contribution in [-0.2, 0) is 0 Å². The quantitative estimate of drug-likeness (QED) is 0.696. The van der Waals surface area contributed by atoms with Gasteiger partial charge in [0.25, 0.3) is 0 Å². The highest BCUT2D eigenvalue weighted by molar-refractivity contribution is 7.21. The second-order valence-electron chi connectivity index (χ2n) is 6.09. The van der Waals surface area contributed by atoms with Gasteiger partial charge in [0, 0.05) is 17.8 Å². The van der Waals surface area contributed by atoms with Crippen LogP contribution < -0.4 is 5.32 Å². The summed E-state index contributed by atoms with van der Waals surface area (Å²) < 4.78 is 40.6. The van der Waals surface area contributed by atoms with E-state index in [-0.39, 0.29) is 12.6 Å². The zero-order chi connectivity index (χ0) is 18.3. The van der Waals surface area contributed by atoms with Crippen LogP contribution in [0.1, 0.15) is 6.42 Å². The standard InChI is InChI=1S/C18H14F3N3OS/c19-11-5-6-24(9-11)18(25)22-12-2-4-16-15(8-12)23-17(26-16)10-1-3-13(20)14(21)7-10/h1-4,7-8,11H,5-6,9H2,(H,22,25)/t11-/m1/s1. The number of anilines is 1. The molecule has 26 heavy (non-hydrogen) atoms. The van der Waals surface area contributed by atoms with Crippen molar-refractivity contribution in [3.05, 3.63) is 48.0 Å². The highest BCUT2D eigenvalue weighted by Gasteiger charge is 2.25. The molecule has 4 rings (SSSR count). The van der Waals surface area contributed by atoms with Crippen molar-refractivity contribution >= 4 is 33.3 Å². The maximum atomic E-state index is 13.4. The molecule has 1 saturated heterocycles. The van der Waals surface area contributed by atoms with Crippen LogP contribution in [0.25, 0.3) is 20.8 Å². The molecule has 0 unspecified atom stereocenters. The number of thiazole rings is 1. The third-order valence-corrected chi connectivity index (χ3v) is 5.31. The van der Waals surface area contributed by atoms with Crippen molar-refractivity contribution in [2.75, 3.05) is 18.4 Å². The number of hydrogen-bond acceptors (Lipinski definition) is 3. The van der Waals surface area contributed by atoms with E-state index in [1.54, 1.807) is 18.2 Å². The fraction of sp³-hybridized carbons (Fsp3) is 0.222. The average Bonchev–Trinajstić information content (AvgIpc) is 3.23. The van der Waals surface area contributed by atoms with Crippen molar-refractivity contribution in [2.45, 2.75) is 12.6 Å². The number of aromatic nitrogens is 1. The Labute approximate surface area is 151 Å². The lowest BCUT2D eigenvalue weighted by Crippen LogP contribution is -2.33. The van der Waals surface area contributed by atoms with Gasteiger partial charge in [-0.25, -0.2) is 22.9 Å². The molecule has 1 N–H and O–H groups in total. The highest BCUT2D eigenvalue weighted by atomic mass is 32.1. The Morgan fingerprint density at radius 1 is 1.19 bits per heavy atom. The maximum absolute atomic E-state index is 13.4. The number of nitrogens with zero attached hydrogens (tertiary/aromatic N) is 2. The summed E-state index contributed by atoms with van der Waals surface area (Å²) in [6.07, 6.45) is -0.615. The minimum atomic E-state index is -0.972. The molecule has 1 aliphatic heterocycles. The molecule has 0 radical (unpaired) electrons. The van der Waals surface area contributed by atoms with E-state index in [1.807, 2.05) is 0 Å². The van der Waals surface area contributed by atoms with Crippen LogP contribution in [0.3, 0.4) is 0 Å². The molecule has 8 heteroatoms. The second-order valence-corrected chi connectivity index (χ2v) is 7.12. The van der Waals surface area contributed by atoms with Crippen LogP contribution in [0.2, 0.25) is 0 Å². The first kappa shape index (κ1) is 16.8. The Balaban J connectivity index is 1.57. The molecule has 134 valence electrons. The average molecular weight is 377 g/mol. The number of halogens is 3. The Bertz CT molecular complexity index is 991. The summed E-state index contributed by atoms with van der Waals surface area (Å²) >= 11 is 1.35. The molecule has 3 aromatic rings. The fourth-order valence-electron chi connectivity index (χ4n) is 2.86. The molecule has 2 heterocycles. The Morgan fingerprint density at radius 3 is 2.77 bits per heavy atom. The van der Waals surface area contributed by atoms with Crippen LogP contribution in [0.15, 0.2) is 36.4 Å². The van der Waals surface area contributed by atoms with E-state index < -0.39 is 17.8 Å². The number of fused-ring (bicyclic) bond motifs is 1. The number of carbonyl (C=O) groups is 1. The van der Waals surface area contributed by atoms with Crippen LogP contribution in [0.4, 0.5) is 23.7 Å². The van der Waals surface area contributed by atoms with Crippen molar-refractivity contribution in [3.8, 4) is 10.6 Å². The monoisotopic (exact) mass is 377 g/mol. The van der Waals surface area contributed by atoms with Crippen LogP contribution in [0, 0.1) is 11.6 Å². The van der Waals surface area contributed by atoms with Crippen molar-refractivity contribution in [2.24, 2.45) is 0 Å². The van der Waals surface area contributed by atoms with E-state index in [0.29, 0.717) is 34.7 Å². The van der Waals surface area contributed by atoms with Gasteiger partial charge in [0.1, 0.15) is 11.2 Å². The molecule has 1 aliphatic rings. The molecular weight excluding hydrogens is 363 g/mol. The largest absolute Gasteiger partial charge is 0.322 e. The molecule has 0 saturated carbocycles. The van der Waals surface area contributed by atoms with E-state index in [9.17, 15) is 18.0 Å². The minimum Gasteiger partial charge on any atom is -0.322 e. The molecular formula is C18H14F3N3OS. The van der Waals surface area contributed by atoms with E-state index in [0.717, 1.165) is 16.8 Å². The van der Waals surface area contributed by atoms with Gasteiger partial charge in [-0.15, -0.1) is 11.3 Å². The molecule has 1 aromatic heterocycles. The minimum absolute atomic E-state index is 0.102. The molecule has 1 fully saturated rings. The smallest absolute Gasteiger partial charge is 0.321 e. The van der Waals surface area contributed by atoms with E-state index in [1.165, 1.54) is 22.3 Å². The van der Waals surface area contributed by atoms with Gasteiger partial charge < -0.3 is 10.2 Å². The van der Waals surface area contributed by atoms with Crippen LogP contribution >= 0.6 is 11.3 Å². The van der Waals surface area contributed by atoms with E-state index >= 15 is 0 Å². The topological polar surface area (TPSA) is 45.2 Å². The van der Waals surface area contributed by atoms with Gasteiger partial charge in [-0.3, -0.25) is 0 Å². The molecule has 4 nitrogen and oxygen atoms in total. The van der Waals surface area contributed by atoms with Gasteiger partial charge in [0.2, 0.25) is 0 Å². The van der Waals surface area contributed by atoms with Gasteiger partial charge in [0.05, 0.1) is 16.8 Å². The van der Waals surface area contributed by atoms with Gasteiger partial charge in [-0.05, 0) is 42.8 Å². The third kappa shape index (κ3) is 3.24. The number of likely N-dealkylation sites (tertiary alicyclic amines) is 1. The first-order chi connectivity index (χ1) is 12.5. The maximum Gasteiger partial charge on any atom is 0.321 e. The number of hydrogen-bond donors (Lipinski definition) is 1. The summed E-state index contributed by atoms with van der Waals surface area (Å²) in [5, 5.41) is 3.30. The number of carbonyl (C=O) groups excluding carboxylic acids is 1. The first-order valence-electron chi connectivity index (χ1n) is 8.05. The van der Waals surface area contributed by atoms with Crippen molar-refractivity contribution in [1.29, 1.82) is 0 Å². The SMILES string of the molecule is O=C(Nc1ccc2sc(-c3ccc(F)c(F)c3)nc2c1)N1CC[C@@H](F)C1. The van der Waals surface area contributed by atoms with Crippen molar-refractivity contribution in [3.63, 3.8) is 0 Å². The normalized spacial score (nSPS) is 17.0. The fourth-order valence-corrected chi connectivity index (χ4v) is 3.80. The number of nitrogens with one attached hydrogen (secondary N) is 1. The number of alkyl halides is 1. The number of amides is 2. The molecule has 2 amide bonds. The molecule has 0 bridgehead atoms. The van der Waals surface area contributed by atoms with Gasteiger partial charge >= 0.3 is 6.03 Å². The lowest BCUT2D eigenvalue weighted by atomic mass is 10.2. The summed E-state index contributed by atoms with van der Waals surface area (Å²) in [6.45, 7) is 0.497. The summed E-state index contributed by atoms with van der Waals surface area (Å²) in [6, 6.07) is 8.54. The zero-order valence-electron chi connectivity index (χ0n) is 13.5. The second kappa shape index (κ2) is 6.60. The van der Waals surface area contributed by atoms with Crippen molar-refractivity contribution < 1.29 is 18.0 Å². The van der Waals surface area contributed by atoms with Gasteiger partial charge in [0.15, 0.2) is 11.6 Å². The predicted molar refractivity (Wildman–Crippen MR) is 95.1 cm³/mol. The van der Waals surface area contributed by atoms with Gasteiger partial charge in [-0.1, -0.05) is 0 Å². The number of benzene rings is 2. The van der Waals surface area contributed by atoms with E-state index in [4.69, 9.17) is 0 Å². The highest BCUT2D eigenvalue weighted by Crippen LogP contribution is 2.32. The third-order valence-electron chi connectivity index (χ3n) is 4.22. The summed E-state index contributed by atoms with van der Waals surface area (Å²) in [7, 11) is 0. The van der Waals surface area contributed by atoms with Crippen LogP contribution in [0.5, 0.6) is 0 Å². The predicted octanol–water partition coefficient (Wildman–Crippen LogP) is 4.82. The first-order valence-corrected chi connectivity index (χ1v) is 8.87. The Kier molecular flexibility index (Phi) is 4.28. The lowest BCUT2D eigenvalue weighted by molar-refractivity contribution is 0.218. The number of rotatable bonds is 2. The summed E-state index contributed by atoms with van der Waals surface area (Å²) in [5.41, 5.74) is 1.67. The molecule has 1 atom stereocenters. The Morgan fingerprint density at radius 2 is 2.04 bits per heavy atom. The zero-order valence-corrected chi connectivity index (χ0v) is 14.3. The van der Waals surface area contributed by atoms with Gasteiger partial charge in [-0.2, -0.15) is 0 Å². The van der Waals surface area contributed by atoms with Crippen LogP contribution in [-0.4, -0.2) is 35.2 Å².